The molecular weight excluding hydrogens is 366 g/mol. The lowest BCUT2D eigenvalue weighted by Crippen LogP contribution is -2.09. The highest BCUT2D eigenvalue weighted by atomic mass is 16.1. The van der Waals surface area contributed by atoms with Gasteiger partial charge in [0.1, 0.15) is 5.82 Å². The summed E-state index contributed by atoms with van der Waals surface area (Å²) in [5, 5.41) is 15.1. The summed E-state index contributed by atoms with van der Waals surface area (Å²) in [6.07, 6.45) is 4.21. The third-order valence-electron chi connectivity index (χ3n) is 4.68. The van der Waals surface area contributed by atoms with E-state index >= 15 is 0 Å². The highest BCUT2D eigenvalue weighted by Gasteiger charge is 2.07. The zero-order valence-corrected chi connectivity index (χ0v) is 15.3. The third-order valence-corrected chi connectivity index (χ3v) is 4.68. The molecule has 0 aliphatic carbocycles. The van der Waals surface area contributed by atoms with Gasteiger partial charge in [0.15, 0.2) is 5.82 Å². The number of hydrogen-bond acceptors (Lipinski definition) is 5. The maximum absolute atomic E-state index is 10.5. The minimum absolute atomic E-state index is 0.463. The Morgan fingerprint density at radius 1 is 1.00 bits per heavy atom. The van der Waals surface area contributed by atoms with Crippen LogP contribution in [-0.2, 0) is 11.3 Å². The summed E-state index contributed by atoms with van der Waals surface area (Å²) >= 11 is 0. The van der Waals surface area contributed by atoms with Gasteiger partial charge < -0.3 is 15.6 Å². The largest absolute Gasteiger partial charge is 0.357 e. The molecule has 0 radical (unpaired) electrons. The van der Waals surface area contributed by atoms with E-state index in [1.807, 2.05) is 48.5 Å². The van der Waals surface area contributed by atoms with Crippen LogP contribution in [0.25, 0.3) is 33.2 Å². The smallest absolute Gasteiger partial charge is 0.207 e. The van der Waals surface area contributed by atoms with Crippen LogP contribution in [0.1, 0.15) is 5.69 Å². The van der Waals surface area contributed by atoms with Crippen molar-refractivity contribution >= 4 is 39.7 Å². The zero-order valence-electron chi connectivity index (χ0n) is 15.3. The van der Waals surface area contributed by atoms with Gasteiger partial charge >= 0.3 is 0 Å². The SMILES string of the molecule is O=CNCc1cc2ccc(-c3nccc(Nc4ccc5[nH]ncc5c4)n3)cc2[nH]1. The van der Waals surface area contributed by atoms with E-state index in [0.717, 1.165) is 38.8 Å². The van der Waals surface area contributed by atoms with Gasteiger partial charge in [0.25, 0.3) is 0 Å². The summed E-state index contributed by atoms with van der Waals surface area (Å²) in [6, 6.07) is 15.8. The number of aromatic amines is 2. The molecule has 3 aromatic heterocycles. The Labute approximate surface area is 165 Å². The van der Waals surface area contributed by atoms with E-state index in [0.29, 0.717) is 24.6 Å². The first-order valence-electron chi connectivity index (χ1n) is 9.11. The quantitative estimate of drug-likeness (QED) is 0.335. The molecule has 3 heterocycles. The van der Waals surface area contributed by atoms with Gasteiger partial charge in [-0.25, -0.2) is 9.97 Å². The average Bonchev–Trinajstić information content (AvgIpc) is 3.37. The van der Waals surface area contributed by atoms with Crippen LogP contribution in [0.5, 0.6) is 0 Å². The van der Waals surface area contributed by atoms with Gasteiger partial charge in [-0.05, 0) is 41.8 Å². The van der Waals surface area contributed by atoms with E-state index in [2.05, 4.69) is 35.8 Å². The number of amides is 1. The second-order valence-electron chi connectivity index (χ2n) is 6.66. The van der Waals surface area contributed by atoms with Crippen LogP contribution in [0.4, 0.5) is 11.5 Å². The van der Waals surface area contributed by atoms with Crippen molar-refractivity contribution in [1.29, 1.82) is 0 Å². The van der Waals surface area contributed by atoms with E-state index in [9.17, 15) is 4.79 Å². The molecule has 142 valence electrons. The number of nitrogens with one attached hydrogen (secondary N) is 4. The normalized spacial score (nSPS) is 11.0. The first-order valence-corrected chi connectivity index (χ1v) is 9.11. The number of H-pyrrole nitrogens is 2. The predicted molar refractivity (Wildman–Crippen MR) is 112 cm³/mol. The Kier molecular flexibility index (Phi) is 4.14. The number of fused-ring (bicyclic) bond motifs is 2. The Morgan fingerprint density at radius 2 is 1.97 bits per heavy atom. The minimum atomic E-state index is 0.463. The Bertz CT molecular complexity index is 1320. The van der Waals surface area contributed by atoms with Gasteiger partial charge in [0.05, 0.1) is 18.3 Å². The molecule has 5 rings (SSSR count). The first-order chi connectivity index (χ1) is 14.3. The minimum Gasteiger partial charge on any atom is -0.357 e. The molecule has 0 atom stereocenters. The summed E-state index contributed by atoms with van der Waals surface area (Å²) in [4.78, 5) is 22.9. The molecule has 0 saturated carbocycles. The van der Waals surface area contributed by atoms with Crippen molar-refractivity contribution in [2.24, 2.45) is 0 Å². The Morgan fingerprint density at radius 3 is 2.90 bits per heavy atom. The maximum Gasteiger partial charge on any atom is 0.207 e. The molecule has 0 aliphatic rings. The van der Waals surface area contributed by atoms with Crippen LogP contribution in [-0.4, -0.2) is 31.6 Å². The van der Waals surface area contributed by atoms with Crippen LogP contribution in [0.15, 0.2) is 60.9 Å². The molecule has 0 saturated heterocycles. The van der Waals surface area contributed by atoms with Gasteiger partial charge in [0.2, 0.25) is 6.41 Å². The van der Waals surface area contributed by atoms with Crippen molar-refractivity contribution in [1.82, 2.24) is 30.5 Å². The topological polar surface area (TPSA) is 111 Å². The molecular formula is C21H17N7O. The molecule has 5 aromatic rings. The molecule has 8 heteroatoms. The van der Waals surface area contributed by atoms with Gasteiger partial charge in [-0.3, -0.25) is 9.89 Å². The van der Waals surface area contributed by atoms with Crippen molar-refractivity contribution in [3.63, 3.8) is 0 Å². The summed E-state index contributed by atoms with van der Waals surface area (Å²) in [7, 11) is 0. The van der Waals surface area contributed by atoms with E-state index in [4.69, 9.17) is 0 Å². The molecule has 0 unspecified atom stereocenters. The van der Waals surface area contributed by atoms with E-state index in [1.54, 1.807) is 12.4 Å². The number of hydrogen-bond donors (Lipinski definition) is 4. The van der Waals surface area contributed by atoms with Crippen LogP contribution in [0.2, 0.25) is 0 Å². The molecule has 0 fully saturated rings. The van der Waals surface area contributed by atoms with E-state index in [-0.39, 0.29) is 0 Å². The molecule has 0 spiro atoms. The summed E-state index contributed by atoms with van der Waals surface area (Å²) in [5.41, 5.74) is 4.73. The molecule has 0 bridgehead atoms. The summed E-state index contributed by atoms with van der Waals surface area (Å²) in [6.45, 7) is 0.463. The van der Waals surface area contributed by atoms with Crippen molar-refractivity contribution in [2.75, 3.05) is 5.32 Å². The molecule has 29 heavy (non-hydrogen) atoms. The van der Waals surface area contributed by atoms with E-state index < -0.39 is 0 Å². The molecule has 4 N–H and O–H groups in total. The number of carbonyl (C=O) groups is 1. The van der Waals surface area contributed by atoms with Crippen molar-refractivity contribution in [2.45, 2.75) is 6.54 Å². The molecule has 8 nitrogen and oxygen atoms in total. The van der Waals surface area contributed by atoms with Crippen molar-refractivity contribution in [3.05, 3.63) is 66.6 Å². The lowest BCUT2D eigenvalue weighted by Gasteiger charge is -2.07. The number of benzene rings is 2. The lowest BCUT2D eigenvalue weighted by molar-refractivity contribution is -0.109. The van der Waals surface area contributed by atoms with Crippen LogP contribution >= 0.6 is 0 Å². The Hall–Kier alpha value is -4.20. The fourth-order valence-corrected chi connectivity index (χ4v) is 3.31. The number of rotatable bonds is 6. The maximum atomic E-state index is 10.5. The zero-order chi connectivity index (χ0) is 19.6. The monoisotopic (exact) mass is 383 g/mol. The average molecular weight is 383 g/mol. The summed E-state index contributed by atoms with van der Waals surface area (Å²) < 4.78 is 0. The number of carbonyl (C=O) groups excluding carboxylic acids is 1. The fraction of sp³-hybridized carbons (Fsp3) is 0.0476. The molecule has 1 amide bonds. The van der Waals surface area contributed by atoms with Gasteiger partial charge in [-0.15, -0.1) is 0 Å². The summed E-state index contributed by atoms with van der Waals surface area (Å²) in [5.74, 6) is 1.34. The lowest BCUT2D eigenvalue weighted by atomic mass is 10.1. The highest BCUT2D eigenvalue weighted by Crippen LogP contribution is 2.25. The molecule has 2 aromatic carbocycles. The number of nitrogens with zero attached hydrogens (tertiary/aromatic N) is 3. The standard InChI is InChI=1S/C21H17N7O/c29-12-22-11-17-7-13-1-2-14(9-19(13)25-17)21-23-6-5-20(27-21)26-16-3-4-18-15(8-16)10-24-28-18/h1-10,12,25H,11H2,(H,22,29)(H,24,28)(H,23,26,27). The van der Waals surface area contributed by atoms with Crippen molar-refractivity contribution < 1.29 is 4.79 Å². The number of anilines is 2. The van der Waals surface area contributed by atoms with Crippen LogP contribution in [0.3, 0.4) is 0 Å². The Balaban J connectivity index is 1.43. The van der Waals surface area contributed by atoms with Crippen LogP contribution < -0.4 is 10.6 Å². The van der Waals surface area contributed by atoms with Gasteiger partial charge in [-0.2, -0.15) is 5.10 Å². The second kappa shape index (κ2) is 7.08. The third kappa shape index (κ3) is 3.39. The highest BCUT2D eigenvalue weighted by molar-refractivity contribution is 5.85. The fourth-order valence-electron chi connectivity index (χ4n) is 3.31. The van der Waals surface area contributed by atoms with Crippen molar-refractivity contribution in [3.8, 4) is 11.4 Å². The number of aromatic nitrogens is 5. The van der Waals surface area contributed by atoms with Gasteiger partial charge in [0, 0.05) is 34.0 Å². The predicted octanol–water partition coefficient (Wildman–Crippen LogP) is 3.49. The first kappa shape index (κ1) is 16.9. The second-order valence-corrected chi connectivity index (χ2v) is 6.66. The molecule has 0 aliphatic heterocycles. The van der Waals surface area contributed by atoms with Crippen LogP contribution in [0, 0.1) is 0 Å². The van der Waals surface area contributed by atoms with Gasteiger partial charge in [-0.1, -0.05) is 12.1 Å². The van der Waals surface area contributed by atoms with E-state index in [1.165, 1.54) is 0 Å².